The lowest BCUT2D eigenvalue weighted by molar-refractivity contribution is 0.374. The van der Waals surface area contributed by atoms with E-state index in [0.29, 0.717) is 29.7 Å². The van der Waals surface area contributed by atoms with Crippen LogP contribution >= 0.6 is 0 Å². The van der Waals surface area contributed by atoms with Gasteiger partial charge in [0.2, 0.25) is 17.8 Å². The van der Waals surface area contributed by atoms with E-state index in [9.17, 15) is 4.39 Å². The first-order valence-corrected chi connectivity index (χ1v) is 11.7. The van der Waals surface area contributed by atoms with Gasteiger partial charge in [-0.3, -0.25) is 0 Å². The van der Waals surface area contributed by atoms with E-state index in [0.717, 1.165) is 44.2 Å². The number of hydrogen-bond acceptors (Lipinski definition) is 7. The number of hydrogen-bond donors (Lipinski definition) is 1. The van der Waals surface area contributed by atoms with Gasteiger partial charge in [-0.2, -0.15) is 4.98 Å². The number of nitrogens with one attached hydrogen (secondary N) is 1. The van der Waals surface area contributed by atoms with Crippen molar-refractivity contribution >= 4 is 23.3 Å². The number of fused-ring (bicyclic) bond motifs is 3. The highest BCUT2D eigenvalue weighted by Gasteiger charge is 2.43. The first-order chi connectivity index (χ1) is 16.2. The first kappa shape index (κ1) is 20.3. The van der Waals surface area contributed by atoms with Gasteiger partial charge in [0, 0.05) is 55.9 Å². The van der Waals surface area contributed by atoms with Gasteiger partial charge in [-0.05, 0) is 61.4 Å². The minimum atomic E-state index is -0.230. The number of aryl methyl sites for hydroxylation is 1. The molecule has 2 bridgehead atoms. The summed E-state index contributed by atoms with van der Waals surface area (Å²) < 4.78 is 20.7. The third-order valence-corrected chi connectivity index (χ3v) is 7.21. The second-order valence-electron chi connectivity index (χ2n) is 9.17. The van der Waals surface area contributed by atoms with E-state index in [1.54, 1.807) is 19.2 Å². The Morgan fingerprint density at radius 3 is 2.58 bits per heavy atom. The summed E-state index contributed by atoms with van der Waals surface area (Å²) in [7, 11) is 1.65. The molecule has 0 spiro atoms. The summed E-state index contributed by atoms with van der Waals surface area (Å²) in [6.07, 6.45) is 5.20. The van der Waals surface area contributed by atoms with Crippen molar-refractivity contribution in [1.29, 1.82) is 0 Å². The van der Waals surface area contributed by atoms with Crippen molar-refractivity contribution in [3.8, 4) is 5.88 Å². The molecule has 4 heterocycles. The maximum atomic E-state index is 13.4. The zero-order valence-corrected chi connectivity index (χ0v) is 18.7. The van der Waals surface area contributed by atoms with Crippen LogP contribution in [-0.4, -0.2) is 52.5 Å². The third kappa shape index (κ3) is 3.75. The summed E-state index contributed by atoms with van der Waals surface area (Å²) in [5.74, 6) is 3.02. The van der Waals surface area contributed by atoms with E-state index in [1.165, 1.54) is 30.7 Å². The van der Waals surface area contributed by atoms with Crippen molar-refractivity contribution in [2.45, 2.75) is 31.8 Å². The number of methoxy groups -OCH3 is 1. The van der Waals surface area contributed by atoms with Gasteiger partial charge in [0.25, 0.3) is 0 Å². The van der Waals surface area contributed by atoms with Crippen molar-refractivity contribution in [3.05, 3.63) is 48.4 Å². The number of piperidine rings is 1. The molecule has 1 aliphatic carbocycles. The molecule has 1 N–H and O–H groups in total. The Kier molecular flexibility index (Phi) is 5.04. The number of pyridine rings is 1. The summed E-state index contributed by atoms with van der Waals surface area (Å²) in [5, 5.41) is 8.46. The normalized spacial score (nSPS) is 24.0. The molecular formula is C24H28FN7O. The SMILES string of the molecule is COc1cc(N2C[C@H]3CC[C@H](C2)C3Nc2nc3n(n2)CCCN3c2ccc(F)cc2)ccn1. The van der Waals surface area contributed by atoms with Crippen LogP contribution in [0.4, 0.5) is 27.7 Å². The fraction of sp³-hybridized carbons (Fsp3) is 0.458. The molecular weight excluding hydrogens is 421 g/mol. The molecule has 2 aliphatic heterocycles. The van der Waals surface area contributed by atoms with Crippen LogP contribution in [0.5, 0.6) is 5.88 Å². The summed E-state index contributed by atoms with van der Waals surface area (Å²) >= 11 is 0. The Hall–Kier alpha value is -3.36. The molecule has 6 rings (SSSR count). The van der Waals surface area contributed by atoms with E-state index >= 15 is 0 Å². The second-order valence-corrected chi connectivity index (χ2v) is 9.17. The number of benzene rings is 1. The van der Waals surface area contributed by atoms with Crippen LogP contribution in [0.1, 0.15) is 19.3 Å². The van der Waals surface area contributed by atoms with E-state index in [2.05, 4.69) is 26.2 Å². The lowest BCUT2D eigenvalue weighted by Crippen LogP contribution is -2.48. The molecule has 1 saturated carbocycles. The number of ether oxygens (including phenoxy) is 1. The minimum absolute atomic E-state index is 0.230. The van der Waals surface area contributed by atoms with Crippen molar-refractivity contribution < 1.29 is 9.13 Å². The molecule has 9 heteroatoms. The van der Waals surface area contributed by atoms with Gasteiger partial charge in [0.05, 0.1) is 7.11 Å². The van der Waals surface area contributed by atoms with E-state index < -0.39 is 0 Å². The number of nitrogens with zero attached hydrogens (tertiary/aromatic N) is 6. The summed E-state index contributed by atoms with van der Waals surface area (Å²) in [5.41, 5.74) is 2.11. The van der Waals surface area contributed by atoms with Crippen LogP contribution in [0, 0.1) is 17.7 Å². The van der Waals surface area contributed by atoms with E-state index in [-0.39, 0.29) is 5.82 Å². The maximum absolute atomic E-state index is 13.4. The van der Waals surface area contributed by atoms with Gasteiger partial charge in [-0.25, -0.2) is 14.1 Å². The Balaban J connectivity index is 1.19. The van der Waals surface area contributed by atoms with Gasteiger partial charge >= 0.3 is 0 Å². The van der Waals surface area contributed by atoms with Crippen LogP contribution in [0.2, 0.25) is 0 Å². The van der Waals surface area contributed by atoms with Crippen LogP contribution in [0.3, 0.4) is 0 Å². The fourth-order valence-electron chi connectivity index (χ4n) is 5.61. The Bertz CT molecular complexity index is 1120. The predicted molar refractivity (Wildman–Crippen MR) is 125 cm³/mol. The Labute approximate surface area is 192 Å². The average molecular weight is 450 g/mol. The van der Waals surface area contributed by atoms with Crippen molar-refractivity contribution in [1.82, 2.24) is 19.7 Å². The van der Waals surface area contributed by atoms with Gasteiger partial charge < -0.3 is 19.9 Å². The van der Waals surface area contributed by atoms with Crippen molar-refractivity contribution in [2.75, 3.05) is 41.9 Å². The predicted octanol–water partition coefficient (Wildman–Crippen LogP) is 3.69. The summed E-state index contributed by atoms with van der Waals surface area (Å²) in [6.45, 7) is 3.69. The highest BCUT2D eigenvalue weighted by Crippen LogP contribution is 2.40. The highest BCUT2D eigenvalue weighted by atomic mass is 19.1. The average Bonchev–Trinajstić information content (AvgIpc) is 3.35. The Morgan fingerprint density at radius 2 is 1.82 bits per heavy atom. The molecule has 1 aromatic carbocycles. The smallest absolute Gasteiger partial charge is 0.244 e. The van der Waals surface area contributed by atoms with Gasteiger partial charge in [0.1, 0.15) is 5.82 Å². The van der Waals surface area contributed by atoms with Crippen LogP contribution in [0.25, 0.3) is 0 Å². The molecule has 33 heavy (non-hydrogen) atoms. The summed E-state index contributed by atoms with van der Waals surface area (Å²) in [4.78, 5) is 13.7. The van der Waals surface area contributed by atoms with Gasteiger partial charge in [-0.15, -0.1) is 5.10 Å². The molecule has 0 unspecified atom stereocenters. The number of rotatable bonds is 5. The zero-order valence-electron chi connectivity index (χ0n) is 18.7. The molecule has 1 saturated heterocycles. The maximum Gasteiger partial charge on any atom is 0.244 e. The molecule has 3 aliphatic rings. The van der Waals surface area contributed by atoms with E-state index in [1.807, 2.05) is 16.9 Å². The van der Waals surface area contributed by atoms with Crippen molar-refractivity contribution in [3.63, 3.8) is 0 Å². The lowest BCUT2D eigenvalue weighted by atomic mass is 9.92. The third-order valence-electron chi connectivity index (χ3n) is 7.21. The number of anilines is 4. The largest absolute Gasteiger partial charge is 0.481 e. The van der Waals surface area contributed by atoms with Gasteiger partial charge in [-0.1, -0.05) is 0 Å². The molecule has 2 aromatic heterocycles. The minimum Gasteiger partial charge on any atom is -0.481 e. The lowest BCUT2D eigenvalue weighted by Gasteiger charge is -2.39. The Morgan fingerprint density at radius 1 is 1.03 bits per heavy atom. The monoisotopic (exact) mass is 449 g/mol. The van der Waals surface area contributed by atoms with E-state index in [4.69, 9.17) is 14.8 Å². The fourth-order valence-corrected chi connectivity index (χ4v) is 5.61. The number of aromatic nitrogens is 4. The molecule has 172 valence electrons. The first-order valence-electron chi connectivity index (χ1n) is 11.7. The standard InChI is InChI=1S/C24H28FN7O/c1-33-21-13-20(9-10-26-21)30-14-16-3-4-17(15-30)22(16)27-23-28-24-31(11-2-12-32(24)29-23)19-7-5-18(25)6-8-19/h5-10,13,16-17,22H,2-4,11-12,14-15H2,1H3,(H,27,29)/t16-,17-/m1/s1. The zero-order chi connectivity index (χ0) is 22.4. The highest BCUT2D eigenvalue weighted by molar-refractivity contribution is 5.59. The summed E-state index contributed by atoms with van der Waals surface area (Å²) in [6, 6.07) is 11.0. The molecule has 0 radical (unpaired) electrons. The van der Waals surface area contributed by atoms with Crippen LogP contribution < -0.4 is 19.9 Å². The number of halogens is 1. The molecule has 2 fully saturated rings. The molecule has 8 nitrogen and oxygen atoms in total. The van der Waals surface area contributed by atoms with Crippen molar-refractivity contribution in [2.24, 2.45) is 11.8 Å². The van der Waals surface area contributed by atoms with Crippen LogP contribution in [0.15, 0.2) is 42.6 Å². The van der Waals surface area contributed by atoms with Crippen LogP contribution in [-0.2, 0) is 6.54 Å². The quantitative estimate of drug-likeness (QED) is 0.637. The van der Waals surface area contributed by atoms with Gasteiger partial charge in [0.15, 0.2) is 0 Å². The molecule has 0 amide bonds. The molecule has 3 aromatic rings. The molecule has 2 atom stereocenters. The second kappa shape index (κ2) is 8.20. The topological polar surface area (TPSA) is 71.3 Å².